The van der Waals surface area contributed by atoms with Gasteiger partial charge < -0.3 is 20.7 Å². The monoisotopic (exact) mass is 362 g/mol. The molecule has 1 atom stereocenters. The number of rotatable bonds is 2. The second-order valence-electron chi connectivity index (χ2n) is 7.72. The van der Waals surface area contributed by atoms with Gasteiger partial charge in [-0.05, 0) is 38.5 Å². The Morgan fingerprint density at radius 3 is 2.81 bits per heavy atom. The maximum Gasteiger partial charge on any atom is 0.407 e. The Morgan fingerprint density at radius 1 is 1.27 bits per heavy atom. The Labute approximate surface area is 152 Å². The van der Waals surface area contributed by atoms with Crippen molar-refractivity contribution >= 4 is 12.0 Å². The third kappa shape index (κ3) is 3.40. The van der Waals surface area contributed by atoms with Crippen molar-refractivity contribution in [2.75, 3.05) is 19.6 Å². The highest BCUT2D eigenvalue weighted by Crippen LogP contribution is 2.30. The molecule has 0 radical (unpaired) electrons. The maximum atomic E-state index is 12.8. The van der Waals surface area contributed by atoms with Crippen LogP contribution >= 0.6 is 0 Å². The number of nitrogens with zero attached hydrogens (tertiary/aromatic N) is 4. The van der Waals surface area contributed by atoms with Gasteiger partial charge in [0.25, 0.3) is 5.91 Å². The predicted molar refractivity (Wildman–Crippen MR) is 92.5 cm³/mol. The third-order valence-electron chi connectivity index (χ3n) is 5.89. The van der Waals surface area contributed by atoms with Crippen LogP contribution in [0, 0.1) is 0 Å². The molecule has 3 N–H and O–H groups in total. The first-order valence-corrected chi connectivity index (χ1v) is 9.48. The Hall–Kier alpha value is -2.16. The van der Waals surface area contributed by atoms with Gasteiger partial charge in [-0.3, -0.25) is 4.79 Å². The van der Waals surface area contributed by atoms with E-state index in [-0.39, 0.29) is 24.1 Å². The van der Waals surface area contributed by atoms with Crippen molar-refractivity contribution in [1.29, 1.82) is 0 Å². The van der Waals surface area contributed by atoms with Crippen molar-refractivity contribution < 1.29 is 14.3 Å². The molecule has 1 saturated carbocycles. The Kier molecular flexibility index (Phi) is 4.56. The van der Waals surface area contributed by atoms with Crippen LogP contribution in [0.4, 0.5) is 4.79 Å². The summed E-state index contributed by atoms with van der Waals surface area (Å²) in [6.07, 6.45) is 7.53. The van der Waals surface area contributed by atoms with Crippen LogP contribution in [-0.2, 0) is 4.74 Å². The van der Waals surface area contributed by atoms with Gasteiger partial charge in [-0.2, -0.15) is 0 Å². The van der Waals surface area contributed by atoms with Gasteiger partial charge in [0.15, 0.2) is 5.69 Å². The number of amides is 2. The molecule has 2 saturated heterocycles. The summed E-state index contributed by atoms with van der Waals surface area (Å²) in [5.74, 6) is -0.0990. The van der Waals surface area contributed by atoms with Gasteiger partial charge in [-0.25, -0.2) is 9.48 Å². The van der Waals surface area contributed by atoms with Crippen molar-refractivity contribution in [2.24, 2.45) is 5.73 Å². The maximum absolute atomic E-state index is 12.8. The molecule has 3 heterocycles. The molecular weight excluding hydrogens is 336 g/mol. The fourth-order valence-corrected chi connectivity index (χ4v) is 4.23. The zero-order valence-corrected chi connectivity index (χ0v) is 14.9. The van der Waals surface area contributed by atoms with Gasteiger partial charge in [0.05, 0.1) is 18.8 Å². The fourth-order valence-electron chi connectivity index (χ4n) is 4.23. The van der Waals surface area contributed by atoms with E-state index >= 15 is 0 Å². The highest BCUT2D eigenvalue weighted by Gasteiger charge is 2.42. The second-order valence-corrected chi connectivity index (χ2v) is 7.72. The highest BCUT2D eigenvalue weighted by atomic mass is 16.6. The van der Waals surface area contributed by atoms with Gasteiger partial charge in [-0.1, -0.05) is 5.21 Å². The largest absolute Gasteiger partial charge is 0.441 e. The minimum Gasteiger partial charge on any atom is -0.441 e. The summed E-state index contributed by atoms with van der Waals surface area (Å²) in [7, 11) is 0. The molecule has 4 rings (SSSR count). The number of ether oxygens (including phenoxy) is 1. The van der Waals surface area contributed by atoms with Crippen LogP contribution in [0.15, 0.2) is 6.20 Å². The first-order valence-electron chi connectivity index (χ1n) is 9.48. The van der Waals surface area contributed by atoms with Crippen LogP contribution in [0.2, 0.25) is 0 Å². The van der Waals surface area contributed by atoms with E-state index < -0.39 is 5.60 Å². The summed E-state index contributed by atoms with van der Waals surface area (Å²) in [4.78, 5) is 26.0. The van der Waals surface area contributed by atoms with Crippen molar-refractivity contribution in [2.45, 2.75) is 62.6 Å². The molecule has 1 spiro atoms. The lowest BCUT2D eigenvalue weighted by molar-refractivity contribution is 0.0438. The van der Waals surface area contributed by atoms with E-state index in [0.717, 1.165) is 38.5 Å². The standard InChI is InChI=1S/C17H26N6O3/c18-12-2-4-13(5-3-12)23-10-14(20-21-23)15(24)22-8-1-6-17(7-9-22)11-19-16(25)26-17/h10,12-13H,1-9,11,18H2,(H,19,25). The van der Waals surface area contributed by atoms with Crippen LogP contribution < -0.4 is 11.1 Å². The van der Waals surface area contributed by atoms with Gasteiger partial charge in [-0.15, -0.1) is 5.10 Å². The summed E-state index contributed by atoms with van der Waals surface area (Å²) in [6.45, 7) is 1.72. The number of likely N-dealkylation sites (tertiary alicyclic amines) is 1. The quantitative estimate of drug-likeness (QED) is 0.805. The number of nitrogens with one attached hydrogen (secondary N) is 1. The Balaban J connectivity index is 1.39. The molecule has 1 aromatic rings. The molecule has 3 aliphatic rings. The van der Waals surface area contributed by atoms with Gasteiger partial charge in [0, 0.05) is 25.6 Å². The van der Waals surface area contributed by atoms with Gasteiger partial charge in [0.1, 0.15) is 5.60 Å². The van der Waals surface area contributed by atoms with Crippen molar-refractivity contribution in [3.63, 3.8) is 0 Å². The SMILES string of the molecule is NC1CCC(n2cc(C(=O)N3CCCC4(CC3)CNC(=O)O4)nn2)CC1. The number of nitrogens with two attached hydrogens (primary N) is 1. The highest BCUT2D eigenvalue weighted by molar-refractivity contribution is 5.92. The molecular formula is C17H26N6O3. The van der Waals surface area contributed by atoms with Crippen molar-refractivity contribution in [3.05, 3.63) is 11.9 Å². The predicted octanol–water partition coefficient (Wildman–Crippen LogP) is 0.825. The molecule has 2 aliphatic heterocycles. The molecule has 3 fully saturated rings. The topological polar surface area (TPSA) is 115 Å². The Bertz CT molecular complexity index is 684. The van der Waals surface area contributed by atoms with Crippen LogP contribution in [0.5, 0.6) is 0 Å². The molecule has 26 heavy (non-hydrogen) atoms. The lowest BCUT2D eigenvalue weighted by Crippen LogP contribution is -2.36. The van der Waals surface area contributed by atoms with Gasteiger partial charge in [0.2, 0.25) is 0 Å². The summed E-state index contributed by atoms with van der Waals surface area (Å²) < 4.78 is 7.29. The first kappa shape index (κ1) is 17.3. The molecule has 2 amide bonds. The average molecular weight is 362 g/mol. The summed E-state index contributed by atoms with van der Waals surface area (Å²) in [6, 6.07) is 0.555. The molecule has 0 aromatic carbocycles. The minimum atomic E-state index is -0.468. The molecule has 1 aromatic heterocycles. The summed E-state index contributed by atoms with van der Waals surface area (Å²) in [5, 5.41) is 11.0. The normalized spacial score (nSPS) is 32.2. The van der Waals surface area contributed by atoms with E-state index in [2.05, 4.69) is 15.6 Å². The van der Waals surface area contributed by atoms with Crippen molar-refractivity contribution in [3.8, 4) is 0 Å². The number of hydrogen-bond donors (Lipinski definition) is 2. The zero-order chi connectivity index (χ0) is 18.1. The van der Waals surface area contributed by atoms with Crippen molar-refractivity contribution in [1.82, 2.24) is 25.2 Å². The minimum absolute atomic E-state index is 0.0990. The third-order valence-corrected chi connectivity index (χ3v) is 5.89. The van der Waals surface area contributed by atoms with Crippen LogP contribution in [0.1, 0.15) is 61.5 Å². The number of alkyl carbamates (subject to hydrolysis) is 1. The summed E-state index contributed by atoms with van der Waals surface area (Å²) in [5.41, 5.74) is 5.88. The molecule has 1 aliphatic carbocycles. The van der Waals surface area contributed by atoms with E-state index in [1.165, 1.54) is 0 Å². The zero-order valence-electron chi connectivity index (χ0n) is 14.9. The fraction of sp³-hybridized carbons (Fsp3) is 0.765. The molecule has 1 unspecified atom stereocenters. The molecule has 142 valence electrons. The number of carbonyl (C=O) groups excluding carboxylic acids is 2. The molecule has 0 bridgehead atoms. The van der Waals surface area contributed by atoms with E-state index in [0.29, 0.717) is 31.7 Å². The number of hydrogen-bond acceptors (Lipinski definition) is 6. The van der Waals surface area contributed by atoms with E-state index in [9.17, 15) is 9.59 Å². The average Bonchev–Trinajstić information content (AvgIpc) is 3.20. The summed E-state index contributed by atoms with van der Waals surface area (Å²) >= 11 is 0. The van der Waals surface area contributed by atoms with Gasteiger partial charge >= 0.3 is 6.09 Å². The van der Waals surface area contributed by atoms with Crippen LogP contribution in [0.25, 0.3) is 0 Å². The van der Waals surface area contributed by atoms with E-state index in [1.807, 2.05) is 4.68 Å². The molecule has 9 nitrogen and oxygen atoms in total. The number of carbonyl (C=O) groups is 2. The molecule has 9 heteroatoms. The second kappa shape index (κ2) is 6.86. The Morgan fingerprint density at radius 2 is 2.08 bits per heavy atom. The lowest BCUT2D eigenvalue weighted by atomic mass is 9.92. The van der Waals surface area contributed by atoms with Crippen LogP contribution in [-0.4, -0.2) is 63.2 Å². The van der Waals surface area contributed by atoms with E-state index in [1.54, 1.807) is 11.1 Å². The number of aromatic nitrogens is 3. The smallest absolute Gasteiger partial charge is 0.407 e. The first-order chi connectivity index (χ1) is 12.5. The lowest BCUT2D eigenvalue weighted by Gasteiger charge is -2.25. The van der Waals surface area contributed by atoms with E-state index in [4.69, 9.17) is 10.5 Å². The van der Waals surface area contributed by atoms with Crippen LogP contribution in [0.3, 0.4) is 0 Å².